The van der Waals surface area contributed by atoms with Crippen molar-refractivity contribution in [1.29, 1.82) is 0 Å². The van der Waals surface area contributed by atoms with Crippen molar-refractivity contribution < 1.29 is 8.83 Å². The maximum absolute atomic E-state index is 6.39. The molecule has 0 radical (unpaired) electrons. The molecule has 1 aliphatic carbocycles. The molecule has 2 heterocycles. The molecule has 0 spiro atoms. The van der Waals surface area contributed by atoms with Gasteiger partial charge >= 0.3 is 0 Å². The topological polar surface area (TPSA) is 32.8 Å². The molecule has 119 heavy (non-hydrogen) atoms. The Kier molecular flexibility index (Phi) is 18.7. The summed E-state index contributed by atoms with van der Waals surface area (Å²) < 4.78 is 12.8. The van der Waals surface area contributed by atoms with E-state index in [9.17, 15) is 0 Å². The average Bonchev–Trinajstić information content (AvgIpc) is 1.58. The van der Waals surface area contributed by atoms with Crippen molar-refractivity contribution in [3.8, 4) is 100 Å². The largest absolute Gasteiger partial charge is 0.455 e. The quantitative estimate of drug-likeness (QED) is 0.0965. The van der Waals surface area contributed by atoms with Crippen molar-refractivity contribution in [2.24, 2.45) is 0 Å². The molecule has 0 N–H and O–H groups in total. The first-order valence-corrected chi connectivity index (χ1v) is 40.9. The third-order valence-electron chi connectivity index (χ3n) is 24.0. The van der Waals surface area contributed by atoms with Crippen LogP contribution in [0.1, 0.15) is 49.9 Å². The molecule has 4 heteroatoms. The fourth-order valence-corrected chi connectivity index (χ4v) is 17.5. The molecule has 4 nitrogen and oxygen atoms in total. The van der Waals surface area contributed by atoms with Crippen molar-refractivity contribution in [3.05, 3.63) is 448 Å². The molecule has 0 amide bonds. The molecule has 0 fully saturated rings. The van der Waals surface area contributed by atoms with E-state index < -0.39 is 0 Å². The van der Waals surface area contributed by atoms with E-state index in [2.05, 4.69) is 425 Å². The molecule has 0 aliphatic heterocycles. The van der Waals surface area contributed by atoms with Crippen molar-refractivity contribution in [1.82, 2.24) is 0 Å². The van der Waals surface area contributed by atoms with Gasteiger partial charge in [-0.3, -0.25) is 0 Å². The second-order valence-electron chi connectivity index (χ2n) is 31.9. The number of rotatable bonds is 16. The summed E-state index contributed by atoms with van der Waals surface area (Å²) in [7, 11) is 0. The second-order valence-corrected chi connectivity index (χ2v) is 31.9. The van der Waals surface area contributed by atoms with Crippen LogP contribution in [0.4, 0.5) is 34.1 Å². The normalized spacial score (nSPS) is 12.0. The number of allylic oxidation sites excluding steroid dienone is 2. The van der Waals surface area contributed by atoms with E-state index in [0.717, 1.165) is 123 Å². The first-order chi connectivity index (χ1) is 58.3. The van der Waals surface area contributed by atoms with Gasteiger partial charge in [-0.05, 0) is 233 Å². The summed E-state index contributed by atoms with van der Waals surface area (Å²) in [5.74, 6) is 0. The van der Waals surface area contributed by atoms with Gasteiger partial charge in [0.25, 0.3) is 0 Å². The second kappa shape index (κ2) is 30.6. The molecule has 0 bridgehead atoms. The molecule has 0 atom stereocenters. The zero-order chi connectivity index (χ0) is 80.2. The number of fused-ring (bicyclic) bond motifs is 10. The molecule has 0 saturated heterocycles. The lowest BCUT2D eigenvalue weighted by Crippen LogP contribution is -2.16. The van der Waals surface area contributed by atoms with E-state index in [4.69, 9.17) is 8.83 Å². The van der Waals surface area contributed by atoms with E-state index in [0.29, 0.717) is 0 Å². The number of hydrogen-bond donors (Lipinski definition) is 0. The van der Waals surface area contributed by atoms with Crippen LogP contribution in [0.15, 0.2) is 435 Å². The number of hydrogen-bond acceptors (Lipinski definition) is 4. The molecular weight excluding hydrogens is 1440 g/mol. The van der Waals surface area contributed by atoms with Gasteiger partial charge in [0.1, 0.15) is 22.3 Å². The Balaban J connectivity index is 0.000000155. The van der Waals surface area contributed by atoms with Gasteiger partial charge in [-0.25, -0.2) is 0 Å². The fraction of sp³-hybridized carbons (Fsp3) is 0.0435. The average molecular weight is 1530 g/mol. The lowest BCUT2D eigenvalue weighted by atomic mass is 9.81. The highest BCUT2D eigenvalue weighted by Crippen LogP contribution is 2.53. The minimum absolute atomic E-state index is 0.197. The Morgan fingerprint density at radius 3 is 0.941 bits per heavy atom. The van der Waals surface area contributed by atoms with E-state index in [1.54, 1.807) is 0 Å². The molecule has 1 aliphatic rings. The Morgan fingerprint density at radius 1 is 0.227 bits per heavy atom. The Bertz CT molecular complexity index is 7060. The summed E-state index contributed by atoms with van der Waals surface area (Å²) in [5.41, 5.74) is 38.5. The molecular formula is C115H84N2O2. The summed E-state index contributed by atoms with van der Waals surface area (Å²) in [6.07, 6.45) is 0. The lowest BCUT2D eigenvalue weighted by Gasteiger charge is -2.28. The van der Waals surface area contributed by atoms with Crippen LogP contribution in [0.25, 0.3) is 166 Å². The predicted octanol–water partition coefficient (Wildman–Crippen LogP) is 33.0. The summed E-state index contributed by atoms with van der Waals surface area (Å²) in [4.78, 5) is 4.72. The summed E-state index contributed by atoms with van der Waals surface area (Å²) in [5, 5.41) is 7.04. The van der Waals surface area contributed by atoms with Crippen LogP contribution in [0.5, 0.6) is 0 Å². The van der Waals surface area contributed by atoms with E-state index >= 15 is 0 Å². The number of nitrogens with zero attached hydrogens (tertiary/aromatic N) is 2. The van der Waals surface area contributed by atoms with Crippen LogP contribution in [0.2, 0.25) is 0 Å². The molecule has 0 saturated carbocycles. The van der Waals surface area contributed by atoms with Crippen LogP contribution in [-0.2, 0) is 5.41 Å². The van der Waals surface area contributed by atoms with E-state index in [-0.39, 0.29) is 5.41 Å². The summed E-state index contributed by atoms with van der Waals surface area (Å²) >= 11 is 0. The molecule has 566 valence electrons. The third-order valence-corrected chi connectivity index (χ3v) is 24.0. The third kappa shape index (κ3) is 13.9. The number of furan rings is 2. The van der Waals surface area contributed by atoms with Crippen LogP contribution in [0, 0.1) is 0 Å². The van der Waals surface area contributed by atoms with Crippen molar-refractivity contribution in [2.75, 3.05) is 9.80 Å². The van der Waals surface area contributed by atoms with Crippen molar-refractivity contribution in [3.63, 3.8) is 0 Å². The Labute approximate surface area is 695 Å². The van der Waals surface area contributed by atoms with Crippen LogP contribution in [-0.4, -0.2) is 0 Å². The maximum atomic E-state index is 6.39. The lowest BCUT2D eigenvalue weighted by molar-refractivity contribution is 0.660. The van der Waals surface area contributed by atoms with Crippen LogP contribution < -0.4 is 9.80 Å². The van der Waals surface area contributed by atoms with Gasteiger partial charge in [0, 0.05) is 72.2 Å². The van der Waals surface area contributed by atoms with Gasteiger partial charge < -0.3 is 18.6 Å². The molecule has 21 rings (SSSR count). The van der Waals surface area contributed by atoms with Crippen molar-refractivity contribution in [2.45, 2.75) is 33.1 Å². The number of benzene rings is 18. The summed E-state index contributed by atoms with van der Waals surface area (Å²) in [6, 6.07) is 149. The first-order valence-electron chi connectivity index (χ1n) is 40.9. The summed E-state index contributed by atoms with van der Waals surface area (Å²) in [6.45, 7) is 17.0. The minimum atomic E-state index is -0.197. The van der Waals surface area contributed by atoms with Gasteiger partial charge in [-0.2, -0.15) is 0 Å². The SMILES string of the molecule is C=C(C)c1ccc(-c2ccc(-c3ccc(N(c4ccc(-c5ccc(-c6ccccc6)cc5)cc4)c4ccc5c(c4)C(C)(C)c4cc(-c6ccc7ccccc7c6)ccc4-5)cc3)cc2)cc1.C=C(C)c1ccc(-c2ccc(N(c3ccc(-c4cccc5c4oc4ccccc45)cc3)c3ccc(-c4cccc5c4oc4ccccc45)cc3)cc2)cc1. The standard InChI is InChI=1S/C64H49N.C51H35NO2/c1-43(2)44-14-16-48(17-15-44)49-22-24-51(25-23-49)53-30-35-58(36-31-53)65(57-33-28-52(29-34-57)50-20-18-47(19-21-50)45-10-6-5-7-11-45)59-37-39-61-60-38-32-56(41-62(60)64(3,4)63(61)42-59)55-27-26-46-12-8-9-13-54(46)40-55;1-33(2)34-17-19-35(20-18-34)36-21-27-39(28-22-36)52(40-29-23-37(24-30-40)42-11-7-13-46-44-9-3-5-15-48(44)53-50(42)46)41-31-25-38(26-32-41)43-12-8-14-47-45-10-4-6-16-49(45)54-51(43)47/h5-42H,1H2,2-4H3;3-32H,1H2,2H3. The highest BCUT2D eigenvalue weighted by Gasteiger charge is 2.37. The molecule has 0 unspecified atom stereocenters. The maximum Gasteiger partial charge on any atom is 0.143 e. The Hall–Kier alpha value is -15.1. The predicted molar refractivity (Wildman–Crippen MR) is 505 cm³/mol. The fourth-order valence-electron chi connectivity index (χ4n) is 17.5. The zero-order valence-corrected chi connectivity index (χ0v) is 66.9. The molecule has 2 aromatic heterocycles. The molecule has 20 aromatic rings. The zero-order valence-electron chi connectivity index (χ0n) is 66.9. The first kappa shape index (κ1) is 72.8. The van der Waals surface area contributed by atoms with Crippen LogP contribution >= 0.6 is 0 Å². The van der Waals surface area contributed by atoms with E-state index in [1.165, 1.54) is 99.8 Å². The highest BCUT2D eigenvalue weighted by atomic mass is 16.3. The number of para-hydroxylation sites is 4. The smallest absolute Gasteiger partial charge is 0.143 e. The monoisotopic (exact) mass is 1520 g/mol. The Morgan fingerprint density at radius 2 is 0.521 bits per heavy atom. The van der Waals surface area contributed by atoms with Crippen LogP contribution in [0.3, 0.4) is 0 Å². The minimum Gasteiger partial charge on any atom is -0.455 e. The van der Waals surface area contributed by atoms with Gasteiger partial charge in [0.15, 0.2) is 0 Å². The van der Waals surface area contributed by atoms with E-state index in [1.807, 2.05) is 38.1 Å². The number of anilines is 6. The molecule has 18 aromatic carbocycles. The van der Waals surface area contributed by atoms with Crippen molar-refractivity contribution >= 4 is 99.9 Å². The van der Waals surface area contributed by atoms with Gasteiger partial charge in [-0.1, -0.05) is 354 Å². The van der Waals surface area contributed by atoms with Gasteiger partial charge in [0.2, 0.25) is 0 Å². The van der Waals surface area contributed by atoms with Gasteiger partial charge in [-0.15, -0.1) is 0 Å². The highest BCUT2D eigenvalue weighted by molar-refractivity contribution is 6.11. The van der Waals surface area contributed by atoms with Gasteiger partial charge in [0.05, 0.1) is 0 Å².